The van der Waals surface area contributed by atoms with Crippen LogP contribution < -0.4 is 10.9 Å². The summed E-state index contributed by atoms with van der Waals surface area (Å²) in [5, 5.41) is 3.59. The van der Waals surface area contributed by atoms with Gasteiger partial charge in [-0.05, 0) is 31.2 Å². The normalized spacial score (nSPS) is 16.6. The second-order valence-electron chi connectivity index (χ2n) is 6.32. The van der Waals surface area contributed by atoms with Crippen LogP contribution in [0.4, 0.5) is 5.13 Å². The molecular formula is C18H23N3O2S. The number of carbonyl (C=O) groups is 1. The van der Waals surface area contributed by atoms with Gasteiger partial charge in [0.15, 0.2) is 5.13 Å². The van der Waals surface area contributed by atoms with Crippen LogP contribution in [0.15, 0.2) is 29.2 Å². The molecule has 2 aromatic rings. The molecule has 0 aromatic carbocycles. The Hall–Kier alpha value is -1.95. The highest BCUT2D eigenvalue weighted by Crippen LogP contribution is 2.34. The SMILES string of the molecule is CCCC1CCc2nc(NC(=O)CCn3ccccc3=O)sc2C1. The van der Waals surface area contributed by atoms with Crippen LogP contribution in [0.3, 0.4) is 0 Å². The van der Waals surface area contributed by atoms with E-state index in [9.17, 15) is 9.59 Å². The van der Waals surface area contributed by atoms with Crippen LogP contribution in [-0.2, 0) is 24.2 Å². The van der Waals surface area contributed by atoms with Crippen LogP contribution in [0.2, 0.25) is 0 Å². The molecule has 2 heterocycles. The Morgan fingerprint density at radius 1 is 1.46 bits per heavy atom. The van der Waals surface area contributed by atoms with Crippen molar-refractivity contribution >= 4 is 22.4 Å². The molecule has 0 saturated carbocycles. The van der Waals surface area contributed by atoms with Gasteiger partial charge >= 0.3 is 0 Å². The number of aryl methyl sites for hydroxylation is 2. The summed E-state index contributed by atoms with van der Waals surface area (Å²) in [6.45, 7) is 2.61. The quantitative estimate of drug-likeness (QED) is 0.874. The summed E-state index contributed by atoms with van der Waals surface area (Å²) in [7, 11) is 0. The first-order chi connectivity index (χ1) is 11.7. The number of hydrogen-bond donors (Lipinski definition) is 1. The molecule has 1 N–H and O–H groups in total. The highest BCUT2D eigenvalue weighted by Gasteiger charge is 2.22. The molecule has 24 heavy (non-hydrogen) atoms. The molecule has 1 aliphatic rings. The largest absolute Gasteiger partial charge is 0.315 e. The maximum Gasteiger partial charge on any atom is 0.250 e. The second kappa shape index (κ2) is 7.75. The van der Waals surface area contributed by atoms with Crippen LogP contribution >= 0.6 is 11.3 Å². The molecule has 2 aromatic heterocycles. The summed E-state index contributed by atoms with van der Waals surface area (Å²) in [5.41, 5.74) is 1.07. The number of hydrogen-bond acceptors (Lipinski definition) is 4. The predicted molar refractivity (Wildman–Crippen MR) is 96.5 cm³/mol. The zero-order chi connectivity index (χ0) is 16.9. The number of thiazole rings is 1. The van der Waals surface area contributed by atoms with Gasteiger partial charge in [0.1, 0.15) is 0 Å². The number of pyridine rings is 1. The first-order valence-electron chi connectivity index (χ1n) is 8.59. The maximum atomic E-state index is 12.1. The number of nitrogens with one attached hydrogen (secondary N) is 1. The fraction of sp³-hybridized carbons (Fsp3) is 0.500. The Kier molecular flexibility index (Phi) is 5.45. The van der Waals surface area contributed by atoms with Gasteiger partial charge in [0, 0.05) is 30.1 Å². The van der Waals surface area contributed by atoms with Crippen molar-refractivity contribution in [1.29, 1.82) is 0 Å². The summed E-state index contributed by atoms with van der Waals surface area (Å²) in [4.78, 5) is 29.6. The van der Waals surface area contributed by atoms with Crippen molar-refractivity contribution in [3.05, 3.63) is 45.3 Å². The molecule has 0 radical (unpaired) electrons. The summed E-state index contributed by atoms with van der Waals surface area (Å²) >= 11 is 1.61. The van der Waals surface area contributed by atoms with Crippen molar-refractivity contribution in [3.8, 4) is 0 Å². The van der Waals surface area contributed by atoms with Crippen LogP contribution in [0, 0.1) is 5.92 Å². The van der Waals surface area contributed by atoms with Gasteiger partial charge in [-0.25, -0.2) is 4.98 Å². The van der Waals surface area contributed by atoms with Gasteiger partial charge in [0.05, 0.1) is 5.69 Å². The standard InChI is InChI=1S/C18H23N3O2S/c1-2-5-13-7-8-14-15(12-13)24-18(19-14)20-16(22)9-11-21-10-4-3-6-17(21)23/h3-4,6,10,13H,2,5,7-9,11-12H2,1H3,(H,19,20,22). The molecule has 0 saturated heterocycles. The zero-order valence-electron chi connectivity index (χ0n) is 14.0. The predicted octanol–water partition coefficient (Wildman–Crippen LogP) is 3.24. The first kappa shape index (κ1) is 16.9. The Bertz CT molecular complexity index is 766. The highest BCUT2D eigenvalue weighted by molar-refractivity contribution is 7.15. The smallest absolute Gasteiger partial charge is 0.250 e. The molecule has 1 aliphatic carbocycles. The van der Waals surface area contributed by atoms with E-state index in [4.69, 9.17) is 0 Å². The molecule has 1 atom stereocenters. The van der Waals surface area contributed by atoms with E-state index in [1.165, 1.54) is 30.2 Å². The number of fused-ring (bicyclic) bond motifs is 1. The van der Waals surface area contributed by atoms with Crippen LogP contribution in [0.1, 0.15) is 43.2 Å². The molecule has 1 unspecified atom stereocenters. The van der Waals surface area contributed by atoms with E-state index in [-0.39, 0.29) is 17.9 Å². The van der Waals surface area contributed by atoms with E-state index in [0.717, 1.165) is 24.5 Å². The van der Waals surface area contributed by atoms with Gasteiger partial charge in [-0.3, -0.25) is 9.59 Å². The topological polar surface area (TPSA) is 64.0 Å². The van der Waals surface area contributed by atoms with Crippen molar-refractivity contribution in [2.75, 3.05) is 5.32 Å². The highest BCUT2D eigenvalue weighted by atomic mass is 32.1. The third-order valence-corrected chi connectivity index (χ3v) is 5.50. The number of nitrogens with zero attached hydrogens (tertiary/aromatic N) is 2. The van der Waals surface area contributed by atoms with E-state index < -0.39 is 0 Å². The molecule has 3 rings (SSSR count). The molecule has 6 heteroatoms. The minimum atomic E-state index is -0.0954. The minimum absolute atomic E-state index is 0.0861. The van der Waals surface area contributed by atoms with E-state index in [0.29, 0.717) is 11.7 Å². The Labute approximate surface area is 145 Å². The van der Waals surface area contributed by atoms with Crippen molar-refractivity contribution in [2.24, 2.45) is 5.92 Å². The van der Waals surface area contributed by atoms with Gasteiger partial charge in [-0.1, -0.05) is 25.8 Å². The Morgan fingerprint density at radius 3 is 3.12 bits per heavy atom. The Morgan fingerprint density at radius 2 is 2.33 bits per heavy atom. The molecule has 0 bridgehead atoms. The lowest BCUT2D eigenvalue weighted by Crippen LogP contribution is -2.21. The van der Waals surface area contributed by atoms with Crippen molar-refractivity contribution in [1.82, 2.24) is 9.55 Å². The third-order valence-electron chi connectivity index (χ3n) is 4.46. The number of aromatic nitrogens is 2. The van der Waals surface area contributed by atoms with E-state index in [1.54, 1.807) is 34.2 Å². The Balaban J connectivity index is 1.56. The second-order valence-corrected chi connectivity index (χ2v) is 7.40. The van der Waals surface area contributed by atoms with E-state index >= 15 is 0 Å². The number of anilines is 1. The van der Waals surface area contributed by atoms with E-state index in [2.05, 4.69) is 17.2 Å². The zero-order valence-corrected chi connectivity index (χ0v) is 14.8. The maximum absolute atomic E-state index is 12.1. The van der Waals surface area contributed by atoms with Gasteiger partial charge in [-0.15, -0.1) is 11.3 Å². The summed E-state index contributed by atoms with van der Waals surface area (Å²) in [6.07, 6.45) is 7.78. The minimum Gasteiger partial charge on any atom is -0.315 e. The average molecular weight is 345 g/mol. The first-order valence-corrected chi connectivity index (χ1v) is 9.41. The van der Waals surface area contributed by atoms with Crippen LogP contribution in [0.5, 0.6) is 0 Å². The molecule has 128 valence electrons. The molecular weight excluding hydrogens is 322 g/mol. The van der Waals surface area contributed by atoms with Crippen LogP contribution in [-0.4, -0.2) is 15.5 Å². The summed E-state index contributed by atoms with van der Waals surface area (Å²) < 4.78 is 1.54. The molecule has 0 fully saturated rings. The van der Waals surface area contributed by atoms with Gasteiger partial charge in [0.2, 0.25) is 5.91 Å². The van der Waals surface area contributed by atoms with Crippen LogP contribution in [0.25, 0.3) is 0 Å². The fourth-order valence-corrected chi connectivity index (χ4v) is 4.34. The van der Waals surface area contributed by atoms with Crippen molar-refractivity contribution in [3.63, 3.8) is 0 Å². The summed E-state index contributed by atoms with van der Waals surface area (Å²) in [6, 6.07) is 4.99. The molecule has 0 aliphatic heterocycles. The van der Waals surface area contributed by atoms with Crippen molar-refractivity contribution < 1.29 is 4.79 Å². The number of rotatable bonds is 6. The van der Waals surface area contributed by atoms with E-state index in [1.807, 2.05) is 0 Å². The summed E-state index contributed by atoms with van der Waals surface area (Å²) in [5.74, 6) is 0.665. The van der Waals surface area contributed by atoms with Gasteiger partial charge < -0.3 is 9.88 Å². The third kappa shape index (κ3) is 4.12. The molecule has 0 spiro atoms. The van der Waals surface area contributed by atoms with Gasteiger partial charge in [-0.2, -0.15) is 0 Å². The molecule has 5 nitrogen and oxygen atoms in total. The lowest BCUT2D eigenvalue weighted by atomic mass is 9.88. The number of carbonyl (C=O) groups excluding carboxylic acids is 1. The van der Waals surface area contributed by atoms with Crippen molar-refractivity contribution in [2.45, 2.75) is 52.0 Å². The molecule has 1 amide bonds. The fourth-order valence-electron chi connectivity index (χ4n) is 3.20. The lowest BCUT2D eigenvalue weighted by Gasteiger charge is -2.19. The average Bonchev–Trinajstić information content (AvgIpc) is 2.96. The lowest BCUT2D eigenvalue weighted by molar-refractivity contribution is -0.116. The van der Waals surface area contributed by atoms with Gasteiger partial charge in [0.25, 0.3) is 5.56 Å². The monoisotopic (exact) mass is 345 g/mol. The number of amides is 1.